The molecule has 0 heterocycles. The summed E-state index contributed by atoms with van der Waals surface area (Å²) in [5.74, 6) is -1.05. The maximum absolute atomic E-state index is 11.9. The van der Waals surface area contributed by atoms with Crippen LogP contribution in [0, 0.1) is 0 Å². The van der Waals surface area contributed by atoms with Crippen LogP contribution in [0.1, 0.15) is 13.8 Å². The molecule has 0 saturated carbocycles. The van der Waals surface area contributed by atoms with E-state index in [1.807, 2.05) is 0 Å². The summed E-state index contributed by atoms with van der Waals surface area (Å²) in [6.07, 6.45) is 0. The first-order valence-electron chi connectivity index (χ1n) is 5.80. The summed E-state index contributed by atoms with van der Waals surface area (Å²) in [6, 6.07) is 6.58. The lowest BCUT2D eigenvalue weighted by Gasteiger charge is -2.24. The first kappa shape index (κ1) is 15.3. The van der Waals surface area contributed by atoms with Crippen LogP contribution in [0.4, 0.5) is 0 Å². The number of benzene rings is 1. The van der Waals surface area contributed by atoms with Crippen LogP contribution in [0.25, 0.3) is 0 Å². The van der Waals surface area contributed by atoms with Gasteiger partial charge in [-0.2, -0.15) is 0 Å². The van der Waals surface area contributed by atoms with Crippen molar-refractivity contribution in [2.45, 2.75) is 19.9 Å². The number of hydrogen-bond acceptors (Lipinski definition) is 3. The van der Waals surface area contributed by atoms with E-state index in [9.17, 15) is 9.59 Å². The maximum Gasteiger partial charge on any atom is 0.323 e. The van der Waals surface area contributed by atoms with Crippen LogP contribution in [0.5, 0.6) is 5.75 Å². The molecule has 19 heavy (non-hydrogen) atoms. The SMILES string of the molecule is CC(C)N(CC(=O)O)C(=O)COc1ccccc1Cl. The van der Waals surface area contributed by atoms with Crippen molar-refractivity contribution in [2.24, 2.45) is 0 Å². The Labute approximate surface area is 116 Å². The van der Waals surface area contributed by atoms with Gasteiger partial charge in [-0.3, -0.25) is 9.59 Å². The predicted octanol–water partition coefficient (Wildman–Crippen LogP) is 2.04. The molecule has 5 nitrogen and oxygen atoms in total. The van der Waals surface area contributed by atoms with E-state index < -0.39 is 11.9 Å². The van der Waals surface area contributed by atoms with Gasteiger partial charge in [0.05, 0.1) is 5.02 Å². The third-order valence-electron chi connectivity index (χ3n) is 2.44. The Hall–Kier alpha value is -1.75. The molecule has 104 valence electrons. The highest BCUT2D eigenvalue weighted by Crippen LogP contribution is 2.23. The normalized spacial score (nSPS) is 10.3. The van der Waals surface area contributed by atoms with Gasteiger partial charge >= 0.3 is 5.97 Å². The first-order valence-corrected chi connectivity index (χ1v) is 6.18. The minimum Gasteiger partial charge on any atom is -0.482 e. The fourth-order valence-corrected chi connectivity index (χ4v) is 1.68. The van der Waals surface area contributed by atoms with E-state index in [0.29, 0.717) is 10.8 Å². The van der Waals surface area contributed by atoms with Gasteiger partial charge < -0.3 is 14.7 Å². The van der Waals surface area contributed by atoms with Crippen LogP contribution >= 0.6 is 11.6 Å². The minimum atomic E-state index is -1.06. The summed E-state index contributed by atoms with van der Waals surface area (Å²) in [4.78, 5) is 23.8. The molecule has 0 aliphatic rings. The molecule has 0 saturated heterocycles. The molecule has 0 aliphatic heterocycles. The van der Waals surface area contributed by atoms with Crippen molar-refractivity contribution in [1.29, 1.82) is 0 Å². The summed E-state index contributed by atoms with van der Waals surface area (Å²) in [6.45, 7) is 2.91. The number of carboxylic acids is 1. The zero-order valence-electron chi connectivity index (χ0n) is 10.8. The molecule has 0 bridgehead atoms. The van der Waals surface area contributed by atoms with Crippen LogP contribution in [-0.4, -0.2) is 41.1 Å². The lowest BCUT2D eigenvalue weighted by atomic mass is 10.3. The molecule has 1 aromatic carbocycles. The second-order valence-electron chi connectivity index (χ2n) is 4.23. The van der Waals surface area contributed by atoms with Crippen LogP contribution in [-0.2, 0) is 9.59 Å². The topological polar surface area (TPSA) is 66.8 Å². The molecule has 0 fully saturated rings. The highest BCUT2D eigenvalue weighted by atomic mass is 35.5. The van der Waals surface area contributed by atoms with Gasteiger partial charge in [0.25, 0.3) is 5.91 Å². The lowest BCUT2D eigenvalue weighted by molar-refractivity contribution is -0.146. The van der Waals surface area contributed by atoms with Crippen molar-refractivity contribution in [3.63, 3.8) is 0 Å². The first-order chi connectivity index (χ1) is 8.91. The molecule has 1 N–H and O–H groups in total. The number of ether oxygens (including phenoxy) is 1. The van der Waals surface area contributed by atoms with Crippen LogP contribution in [0.2, 0.25) is 5.02 Å². The van der Waals surface area contributed by atoms with Crippen molar-refractivity contribution in [2.75, 3.05) is 13.2 Å². The van der Waals surface area contributed by atoms with E-state index in [4.69, 9.17) is 21.4 Å². The number of rotatable bonds is 6. The van der Waals surface area contributed by atoms with Gasteiger partial charge in [0, 0.05) is 6.04 Å². The molecular weight excluding hydrogens is 270 g/mol. The van der Waals surface area contributed by atoms with Crippen LogP contribution in [0.3, 0.4) is 0 Å². The average Bonchev–Trinajstić information content (AvgIpc) is 2.34. The third kappa shape index (κ3) is 4.79. The Morgan fingerprint density at radius 3 is 2.53 bits per heavy atom. The standard InChI is InChI=1S/C13H16ClNO4/c1-9(2)15(7-13(17)18)12(16)8-19-11-6-4-3-5-10(11)14/h3-6,9H,7-8H2,1-2H3,(H,17,18). The number of halogens is 1. The van der Waals surface area contributed by atoms with E-state index in [2.05, 4.69) is 0 Å². The van der Waals surface area contributed by atoms with Crippen molar-refractivity contribution in [3.8, 4) is 5.75 Å². The summed E-state index contributed by atoms with van der Waals surface area (Å²) in [7, 11) is 0. The average molecular weight is 286 g/mol. The van der Waals surface area contributed by atoms with Gasteiger partial charge in [0.2, 0.25) is 0 Å². The molecule has 1 amide bonds. The van der Waals surface area contributed by atoms with E-state index in [1.165, 1.54) is 4.90 Å². The number of carbonyl (C=O) groups excluding carboxylic acids is 1. The number of aliphatic carboxylic acids is 1. The van der Waals surface area contributed by atoms with Crippen LogP contribution in [0.15, 0.2) is 24.3 Å². The van der Waals surface area contributed by atoms with Crippen molar-refractivity contribution in [1.82, 2.24) is 4.90 Å². The molecular formula is C13H16ClNO4. The van der Waals surface area contributed by atoms with Gasteiger partial charge in [-0.05, 0) is 26.0 Å². The van der Waals surface area contributed by atoms with Gasteiger partial charge in [0.1, 0.15) is 12.3 Å². The van der Waals surface area contributed by atoms with Gasteiger partial charge in [-0.25, -0.2) is 0 Å². The zero-order valence-corrected chi connectivity index (χ0v) is 11.6. The molecule has 0 atom stereocenters. The molecule has 0 radical (unpaired) electrons. The van der Waals surface area contributed by atoms with E-state index >= 15 is 0 Å². The Morgan fingerprint density at radius 1 is 1.37 bits per heavy atom. The van der Waals surface area contributed by atoms with Crippen LogP contribution < -0.4 is 4.74 Å². The fourth-order valence-electron chi connectivity index (χ4n) is 1.49. The van der Waals surface area contributed by atoms with E-state index in [-0.39, 0.29) is 19.2 Å². The second kappa shape index (κ2) is 6.99. The molecule has 0 aromatic heterocycles. The summed E-state index contributed by atoms with van der Waals surface area (Å²) in [5.41, 5.74) is 0. The zero-order chi connectivity index (χ0) is 14.4. The molecule has 1 rings (SSSR count). The molecule has 0 spiro atoms. The largest absolute Gasteiger partial charge is 0.482 e. The summed E-state index contributed by atoms with van der Waals surface area (Å²) >= 11 is 5.89. The Kier molecular flexibility index (Phi) is 5.63. The number of carbonyl (C=O) groups is 2. The van der Waals surface area contributed by atoms with Gasteiger partial charge in [-0.1, -0.05) is 23.7 Å². The lowest BCUT2D eigenvalue weighted by Crippen LogP contribution is -2.43. The summed E-state index contributed by atoms with van der Waals surface area (Å²) < 4.78 is 5.30. The number of nitrogens with zero attached hydrogens (tertiary/aromatic N) is 1. The molecule has 0 aliphatic carbocycles. The number of amides is 1. The van der Waals surface area contributed by atoms with Crippen molar-refractivity contribution < 1.29 is 19.4 Å². The van der Waals surface area contributed by atoms with Gasteiger partial charge in [0.15, 0.2) is 6.61 Å². The van der Waals surface area contributed by atoms with Crippen molar-refractivity contribution >= 4 is 23.5 Å². The Balaban J connectivity index is 2.63. The second-order valence-corrected chi connectivity index (χ2v) is 4.64. The monoisotopic (exact) mass is 285 g/mol. The maximum atomic E-state index is 11.9. The third-order valence-corrected chi connectivity index (χ3v) is 2.75. The highest BCUT2D eigenvalue weighted by Gasteiger charge is 2.20. The molecule has 1 aromatic rings. The Bertz CT molecular complexity index is 462. The van der Waals surface area contributed by atoms with Crippen molar-refractivity contribution in [3.05, 3.63) is 29.3 Å². The molecule has 6 heteroatoms. The Morgan fingerprint density at radius 2 is 2.00 bits per heavy atom. The fraction of sp³-hybridized carbons (Fsp3) is 0.385. The minimum absolute atomic E-state index is 0.210. The highest BCUT2D eigenvalue weighted by molar-refractivity contribution is 6.32. The molecule has 0 unspecified atom stereocenters. The van der Waals surface area contributed by atoms with E-state index in [1.54, 1.807) is 38.1 Å². The predicted molar refractivity (Wildman–Crippen MR) is 71.4 cm³/mol. The van der Waals surface area contributed by atoms with E-state index in [0.717, 1.165) is 0 Å². The summed E-state index contributed by atoms with van der Waals surface area (Å²) in [5, 5.41) is 9.16. The smallest absolute Gasteiger partial charge is 0.323 e. The number of carboxylic acid groups (broad SMARTS) is 1. The van der Waals surface area contributed by atoms with Gasteiger partial charge in [-0.15, -0.1) is 0 Å². The number of para-hydroxylation sites is 1. The number of hydrogen-bond donors (Lipinski definition) is 1. The quantitative estimate of drug-likeness (QED) is 0.868.